The van der Waals surface area contributed by atoms with Gasteiger partial charge in [0, 0.05) is 23.4 Å². The SMILES string of the molecule is CC(=O)Oc1ccccc1[S+](C)Cc1ccccc1. The van der Waals surface area contributed by atoms with Crippen molar-refractivity contribution in [3.8, 4) is 5.75 Å². The van der Waals surface area contributed by atoms with E-state index in [0.29, 0.717) is 5.75 Å². The second-order valence-corrected chi connectivity index (χ2v) is 6.31. The average Bonchev–Trinajstić information content (AvgIpc) is 2.39. The molecule has 2 aromatic rings. The molecule has 0 radical (unpaired) electrons. The molecule has 2 rings (SSSR count). The fourth-order valence-corrected chi connectivity index (χ4v) is 3.49. The molecule has 0 fully saturated rings. The second-order valence-electron chi connectivity index (χ2n) is 4.31. The summed E-state index contributed by atoms with van der Waals surface area (Å²) in [5.74, 6) is 1.36. The highest BCUT2D eigenvalue weighted by Crippen LogP contribution is 2.26. The molecule has 0 amide bonds. The summed E-state index contributed by atoms with van der Waals surface area (Å²) in [6, 6.07) is 18.1. The zero-order chi connectivity index (χ0) is 13.7. The number of hydrogen-bond acceptors (Lipinski definition) is 2. The standard InChI is InChI=1S/C16H17O2S/c1-13(17)18-15-10-6-7-11-16(15)19(2)12-14-8-4-3-5-9-14/h3-11H,12H2,1-2H3/q+1. The topological polar surface area (TPSA) is 26.3 Å². The lowest BCUT2D eigenvalue weighted by Gasteiger charge is -2.08. The Morgan fingerprint density at radius 2 is 1.68 bits per heavy atom. The van der Waals surface area contributed by atoms with Crippen molar-refractivity contribution < 1.29 is 9.53 Å². The number of hydrogen-bond donors (Lipinski definition) is 0. The molecule has 0 aliphatic carbocycles. The van der Waals surface area contributed by atoms with E-state index in [2.05, 4.69) is 18.4 Å². The van der Waals surface area contributed by atoms with Crippen LogP contribution in [-0.2, 0) is 21.4 Å². The molecule has 0 saturated carbocycles. The highest BCUT2D eigenvalue weighted by atomic mass is 32.2. The first-order valence-electron chi connectivity index (χ1n) is 6.11. The molecule has 0 heterocycles. The van der Waals surface area contributed by atoms with Crippen LogP contribution in [0.25, 0.3) is 0 Å². The van der Waals surface area contributed by atoms with Crippen molar-refractivity contribution in [3.05, 3.63) is 60.2 Å². The smallest absolute Gasteiger partial charge is 0.308 e. The van der Waals surface area contributed by atoms with Crippen molar-refractivity contribution >= 4 is 16.9 Å². The Labute approximate surface area is 116 Å². The maximum absolute atomic E-state index is 11.1. The Bertz CT molecular complexity index is 552. The van der Waals surface area contributed by atoms with Gasteiger partial charge in [-0.3, -0.25) is 4.79 Å². The van der Waals surface area contributed by atoms with Crippen molar-refractivity contribution in [2.75, 3.05) is 6.26 Å². The molecule has 0 N–H and O–H groups in total. The van der Waals surface area contributed by atoms with Gasteiger partial charge in [-0.05, 0) is 12.1 Å². The summed E-state index contributed by atoms with van der Waals surface area (Å²) in [5.41, 5.74) is 1.30. The Hall–Kier alpha value is -1.74. The number of carbonyl (C=O) groups is 1. The van der Waals surface area contributed by atoms with Crippen LogP contribution in [0, 0.1) is 0 Å². The van der Waals surface area contributed by atoms with Crippen molar-refractivity contribution in [2.24, 2.45) is 0 Å². The van der Waals surface area contributed by atoms with Gasteiger partial charge in [0.25, 0.3) is 0 Å². The van der Waals surface area contributed by atoms with Crippen molar-refractivity contribution in [3.63, 3.8) is 0 Å². The van der Waals surface area contributed by atoms with E-state index < -0.39 is 0 Å². The third kappa shape index (κ3) is 3.86. The third-order valence-electron chi connectivity index (χ3n) is 2.70. The van der Waals surface area contributed by atoms with Crippen LogP contribution in [0.2, 0.25) is 0 Å². The van der Waals surface area contributed by atoms with E-state index in [-0.39, 0.29) is 16.9 Å². The van der Waals surface area contributed by atoms with Crippen LogP contribution in [0.15, 0.2) is 59.5 Å². The van der Waals surface area contributed by atoms with Gasteiger partial charge in [-0.2, -0.15) is 0 Å². The summed E-state index contributed by atoms with van der Waals surface area (Å²) >= 11 is 0. The van der Waals surface area contributed by atoms with Crippen molar-refractivity contribution in [1.29, 1.82) is 0 Å². The van der Waals surface area contributed by atoms with Gasteiger partial charge in [0.2, 0.25) is 0 Å². The molecular weight excluding hydrogens is 256 g/mol. The molecular formula is C16H17O2S+. The quantitative estimate of drug-likeness (QED) is 0.485. The number of rotatable bonds is 4. The molecule has 0 aliphatic heterocycles. The molecule has 19 heavy (non-hydrogen) atoms. The Morgan fingerprint density at radius 3 is 2.37 bits per heavy atom. The third-order valence-corrected chi connectivity index (χ3v) is 4.56. The molecule has 2 nitrogen and oxygen atoms in total. The summed E-state index contributed by atoms with van der Waals surface area (Å²) < 4.78 is 5.27. The number of ether oxygens (including phenoxy) is 1. The van der Waals surface area contributed by atoms with Gasteiger partial charge in [-0.15, -0.1) is 0 Å². The second kappa shape index (κ2) is 6.43. The van der Waals surface area contributed by atoms with Crippen LogP contribution in [0.5, 0.6) is 5.75 Å². The van der Waals surface area contributed by atoms with E-state index in [1.54, 1.807) is 0 Å². The van der Waals surface area contributed by atoms with E-state index in [0.717, 1.165) is 10.6 Å². The molecule has 1 atom stereocenters. The van der Waals surface area contributed by atoms with Crippen molar-refractivity contribution in [2.45, 2.75) is 17.6 Å². The number of esters is 1. The van der Waals surface area contributed by atoms with E-state index >= 15 is 0 Å². The fraction of sp³-hybridized carbons (Fsp3) is 0.188. The summed E-state index contributed by atoms with van der Waals surface area (Å²) in [6.07, 6.45) is 2.18. The summed E-state index contributed by atoms with van der Waals surface area (Å²) in [6.45, 7) is 1.43. The molecule has 0 bridgehead atoms. The maximum Gasteiger partial charge on any atom is 0.308 e. The number of para-hydroxylation sites is 1. The van der Waals surface area contributed by atoms with Gasteiger partial charge in [0.15, 0.2) is 10.6 Å². The molecule has 0 saturated heterocycles. The first-order chi connectivity index (χ1) is 9.16. The molecule has 1 unspecified atom stereocenters. The summed E-state index contributed by atoms with van der Waals surface area (Å²) in [5, 5.41) is 0. The van der Waals surface area contributed by atoms with Gasteiger partial charge < -0.3 is 4.74 Å². The van der Waals surface area contributed by atoms with Gasteiger partial charge in [0.05, 0.1) is 0 Å². The first-order valence-corrected chi connectivity index (χ1v) is 7.91. The monoisotopic (exact) mass is 273 g/mol. The fourth-order valence-electron chi connectivity index (χ4n) is 1.88. The molecule has 2 aromatic carbocycles. The van der Waals surface area contributed by atoms with Gasteiger partial charge in [-0.25, -0.2) is 0 Å². The van der Waals surface area contributed by atoms with Crippen LogP contribution in [0.4, 0.5) is 0 Å². The molecule has 3 heteroatoms. The minimum Gasteiger partial charge on any atom is -0.421 e. The Morgan fingerprint density at radius 1 is 1.05 bits per heavy atom. The molecule has 0 aromatic heterocycles. The predicted octanol–water partition coefficient (Wildman–Crippen LogP) is 3.42. The van der Waals surface area contributed by atoms with Crippen LogP contribution in [0.1, 0.15) is 12.5 Å². The number of carbonyl (C=O) groups excluding carboxylic acids is 1. The molecule has 98 valence electrons. The minimum absolute atomic E-state index is 0.0104. The largest absolute Gasteiger partial charge is 0.421 e. The number of benzene rings is 2. The zero-order valence-electron chi connectivity index (χ0n) is 11.1. The normalized spacial score (nSPS) is 11.9. The predicted molar refractivity (Wildman–Crippen MR) is 79.5 cm³/mol. The highest BCUT2D eigenvalue weighted by Gasteiger charge is 2.21. The van der Waals surface area contributed by atoms with Gasteiger partial charge in [-0.1, -0.05) is 42.5 Å². The van der Waals surface area contributed by atoms with E-state index in [4.69, 9.17) is 4.74 Å². The Kier molecular flexibility index (Phi) is 4.63. The van der Waals surface area contributed by atoms with Crippen LogP contribution in [0.3, 0.4) is 0 Å². The summed E-state index contributed by atoms with van der Waals surface area (Å²) in [7, 11) is 0.0104. The zero-order valence-corrected chi connectivity index (χ0v) is 11.9. The van der Waals surface area contributed by atoms with Gasteiger partial charge >= 0.3 is 5.97 Å². The minimum atomic E-state index is -0.274. The lowest BCUT2D eigenvalue weighted by atomic mass is 10.2. The molecule has 0 aliphatic rings. The lowest BCUT2D eigenvalue weighted by molar-refractivity contribution is -0.132. The maximum atomic E-state index is 11.1. The van der Waals surface area contributed by atoms with E-state index in [9.17, 15) is 4.79 Å². The van der Waals surface area contributed by atoms with Crippen molar-refractivity contribution in [1.82, 2.24) is 0 Å². The average molecular weight is 273 g/mol. The van der Waals surface area contributed by atoms with Gasteiger partial charge in [0.1, 0.15) is 12.0 Å². The van der Waals surface area contributed by atoms with E-state index in [1.165, 1.54) is 12.5 Å². The van der Waals surface area contributed by atoms with Crippen LogP contribution in [-0.4, -0.2) is 12.2 Å². The first kappa shape index (κ1) is 13.7. The highest BCUT2D eigenvalue weighted by molar-refractivity contribution is 7.95. The van der Waals surface area contributed by atoms with Crippen LogP contribution < -0.4 is 4.74 Å². The summed E-state index contributed by atoms with van der Waals surface area (Å²) in [4.78, 5) is 12.2. The molecule has 0 spiro atoms. The Balaban J connectivity index is 2.19. The van der Waals surface area contributed by atoms with Crippen LogP contribution >= 0.6 is 0 Å². The van der Waals surface area contributed by atoms with E-state index in [1.807, 2.05) is 42.5 Å². The lowest BCUT2D eigenvalue weighted by Crippen LogP contribution is -2.09.